The summed E-state index contributed by atoms with van der Waals surface area (Å²) in [7, 11) is 0. The number of anilines is 1. The van der Waals surface area contributed by atoms with Crippen molar-refractivity contribution in [1.29, 1.82) is 0 Å². The molecule has 0 saturated heterocycles. The Labute approximate surface area is 116 Å². The molecule has 0 unspecified atom stereocenters. The van der Waals surface area contributed by atoms with Gasteiger partial charge < -0.3 is 10.5 Å². The minimum Gasteiger partial charge on any atom is -0.455 e. The molecule has 19 heavy (non-hydrogen) atoms. The molecule has 0 aliphatic heterocycles. The van der Waals surface area contributed by atoms with Crippen LogP contribution in [-0.4, -0.2) is 0 Å². The van der Waals surface area contributed by atoms with E-state index in [0.29, 0.717) is 11.4 Å². The predicted molar refractivity (Wildman–Crippen MR) is 70.1 cm³/mol. The van der Waals surface area contributed by atoms with Crippen molar-refractivity contribution in [3.8, 4) is 11.5 Å². The largest absolute Gasteiger partial charge is 0.455 e. The Morgan fingerprint density at radius 1 is 1.05 bits per heavy atom. The first-order valence-electron chi connectivity index (χ1n) is 5.26. The van der Waals surface area contributed by atoms with E-state index in [4.69, 9.17) is 10.5 Å². The summed E-state index contributed by atoms with van der Waals surface area (Å²) in [5.74, 6) is 0.383. The summed E-state index contributed by atoms with van der Waals surface area (Å²) < 4.78 is 43.8. The standard InChI is InChI=1S/C13H9BrF3NO/c14-9-4-5-11(18)12(7-9)19-10-3-1-2-8(6-10)13(15,16)17/h1-7H,18H2. The molecule has 2 aromatic rings. The van der Waals surface area contributed by atoms with Crippen molar-refractivity contribution >= 4 is 21.6 Å². The van der Waals surface area contributed by atoms with Crippen molar-refractivity contribution in [3.05, 3.63) is 52.5 Å². The lowest BCUT2D eigenvalue weighted by Gasteiger charge is -2.11. The van der Waals surface area contributed by atoms with Crippen LogP contribution in [0.4, 0.5) is 18.9 Å². The van der Waals surface area contributed by atoms with Gasteiger partial charge in [0.1, 0.15) is 5.75 Å². The van der Waals surface area contributed by atoms with Gasteiger partial charge in [-0.25, -0.2) is 0 Å². The van der Waals surface area contributed by atoms with Crippen LogP contribution in [0.3, 0.4) is 0 Å². The summed E-state index contributed by atoms with van der Waals surface area (Å²) in [5, 5.41) is 0. The second-order valence-electron chi connectivity index (χ2n) is 3.81. The van der Waals surface area contributed by atoms with Gasteiger partial charge in [-0.15, -0.1) is 0 Å². The Morgan fingerprint density at radius 3 is 2.47 bits per heavy atom. The normalized spacial score (nSPS) is 11.4. The number of ether oxygens (including phenoxy) is 1. The average Bonchev–Trinajstić information content (AvgIpc) is 2.33. The molecule has 0 atom stereocenters. The van der Waals surface area contributed by atoms with E-state index in [1.54, 1.807) is 18.2 Å². The fourth-order valence-electron chi connectivity index (χ4n) is 1.46. The minimum absolute atomic E-state index is 0.0830. The molecule has 0 aromatic heterocycles. The van der Waals surface area contributed by atoms with Crippen LogP contribution >= 0.6 is 15.9 Å². The van der Waals surface area contributed by atoms with Crippen molar-refractivity contribution in [2.24, 2.45) is 0 Å². The van der Waals surface area contributed by atoms with Gasteiger partial charge in [0.05, 0.1) is 11.3 Å². The summed E-state index contributed by atoms with van der Waals surface area (Å²) >= 11 is 3.24. The van der Waals surface area contributed by atoms with Crippen LogP contribution < -0.4 is 10.5 Å². The first-order chi connectivity index (χ1) is 8.86. The summed E-state index contributed by atoms with van der Waals surface area (Å²) in [5.41, 5.74) is 5.28. The maximum Gasteiger partial charge on any atom is 0.416 e. The molecular formula is C13H9BrF3NO. The van der Waals surface area contributed by atoms with Crippen LogP contribution in [0.15, 0.2) is 46.9 Å². The molecule has 0 fully saturated rings. The second-order valence-corrected chi connectivity index (χ2v) is 4.73. The molecule has 0 spiro atoms. The fourth-order valence-corrected chi connectivity index (χ4v) is 1.80. The molecule has 0 radical (unpaired) electrons. The quantitative estimate of drug-likeness (QED) is 0.799. The molecule has 2 nitrogen and oxygen atoms in total. The van der Waals surface area contributed by atoms with E-state index in [0.717, 1.165) is 16.6 Å². The highest BCUT2D eigenvalue weighted by molar-refractivity contribution is 9.10. The van der Waals surface area contributed by atoms with Gasteiger partial charge in [0, 0.05) is 4.47 Å². The van der Waals surface area contributed by atoms with Crippen LogP contribution in [0, 0.1) is 0 Å². The third kappa shape index (κ3) is 3.41. The molecule has 0 aliphatic rings. The molecule has 100 valence electrons. The van der Waals surface area contributed by atoms with Gasteiger partial charge in [0.2, 0.25) is 0 Å². The Kier molecular flexibility index (Phi) is 3.71. The van der Waals surface area contributed by atoms with Crippen LogP contribution in [-0.2, 0) is 6.18 Å². The SMILES string of the molecule is Nc1ccc(Br)cc1Oc1cccc(C(F)(F)F)c1. The number of benzene rings is 2. The van der Waals surface area contributed by atoms with Crippen molar-refractivity contribution < 1.29 is 17.9 Å². The van der Waals surface area contributed by atoms with Crippen molar-refractivity contribution in [2.75, 3.05) is 5.73 Å². The number of alkyl halides is 3. The lowest BCUT2D eigenvalue weighted by molar-refractivity contribution is -0.137. The Balaban J connectivity index is 2.31. The van der Waals surface area contributed by atoms with Gasteiger partial charge in [0.15, 0.2) is 5.75 Å². The van der Waals surface area contributed by atoms with Crippen LogP contribution in [0.25, 0.3) is 0 Å². The molecule has 2 aromatic carbocycles. The lowest BCUT2D eigenvalue weighted by Crippen LogP contribution is -2.04. The van der Waals surface area contributed by atoms with E-state index in [-0.39, 0.29) is 5.75 Å². The van der Waals surface area contributed by atoms with E-state index in [2.05, 4.69) is 15.9 Å². The van der Waals surface area contributed by atoms with E-state index in [1.165, 1.54) is 12.1 Å². The molecule has 0 amide bonds. The third-order valence-corrected chi connectivity index (χ3v) is 2.86. The Hall–Kier alpha value is -1.69. The number of hydrogen-bond acceptors (Lipinski definition) is 2. The lowest BCUT2D eigenvalue weighted by atomic mass is 10.2. The van der Waals surface area contributed by atoms with Gasteiger partial charge in [0.25, 0.3) is 0 Å². The van der Waals surface area contributed by atoms with E-state index in [9.17, 15) is 13.2 Å². The highest BCUT2D eigenvalue weighted by Crippen LogP contribution is 2.34. The van der Waals surface area contributed by atoms with Gasteiger partial charge in [-0.05, 0) is 36.4 Å². The molecule has 0 saturated carbocycles. The maximum atomic E-state index is 12.6. The van der Waals surface area contributed by atoms with Gasteiger partial charge in [-0.1, -0.05) is 22.0 Å². The van der Waals surface area contributed by atoms with Crippen molar-refractivity contribution in [3.63, 3.8) is 0 Å². The van der Waals surface area contributed by atoms with Gasteiger partial charge >= 0.3 is 6.18 Å². The summed E-state index contributed by atoms with van der Waals surface area (Å²) in [6, 6.07) is 9.55. The highest BCUT2D eigenvalue weighted by atomic mass is 79.9. The molecule has 0 heterocycles. The van der Waals surface area contributed by atoms with Crippen LogP contribution in [0.1, 0.15) is 5.56 Å². The third-order valence-electron chi connectivity index (χ3n) is 2.36. The molecule has 2 rings (SSSR count). The highest BCUT2D eigenvalue weighted by Gasteiger charge is 2.30. The van der Waals surface area contributed by atoms with Crippen LogP contribution in [0.2, 0.25) is 0 Å². The number of hydrogen-bond donors (Lipinski definition) is 1. The predicted octanol–water partition coefficient (Wildman–Crippen LogP) is 4.84. The van der Waals surface area contributed by atoms with Crippen molar-refractivity contribution in [1.82, 2.24) is 0 Å². The first-order valence-corrected chi connectivity index (χ1v) is 6.06. The molecule has 6 heteroatoms. The van der Waals surface area contributed by atoms with Gasteiger partial charge in [-0.3, -0.25) is 0 Å². The molecule has 0 aliphatic carbocycles. The topological polar surface area (TPSA) is 35.2 Å². The molecule has 2 N–H and O–H groups in total. The monoisotopic (exact) mass is 331 g/mol. The zero-order valence-electron chi connectivity index (χ0n) is 9.54. The smallest absolute Gasteiger partial charge is 0.416 e. The number of nitrogen functional groups attached to an aromatic ring is 1. The summed E-state index contributed by atoms with van der Waals surface area (Å²) in [6.07, 6.45) is -4.40. The molecule has 0 bridgehead atoms. The number of rotatable bonds is 2. The first kappa shape index (κ1) is 13.7. The summed E-state index contributed by atoms with van der Waals surface area (Å²) in [4.78, 5) is 0. The maximum absolute atomic E-state index is 12.6. The van der Waals surface area contributed by atoms with E-state index >= 15 is 0 Å². The van der Waals surface area contributed by atoms with E-state index in [1.807, 2.05) is 0 Å². The summed E-state index contributed by atoms with van der Waals surface area (Å²) in [6.45, 7) is 0. The van der Waals surface area contributed by atoms with Gasteiger partial charge in [-0.2, -0.15) is 13.2 Å². The second kappa shape index (κ2) is 5.13. The Morgan fingerprint density at radius 2 is 1.79 bits per heavy atom. The van der Waals surface area contributed by atoms with E-state index < -0.39 is 11.7 Å². The fraction of sp³-hybridized carbons (Fsp3) is 0.0769. The van der Waals surface area contributed by atoms with Crippen LogP contribution in [0.5, 0.6) is 11.5 Å². The van der Waals surface area contributed by atoms with Crippen molar-refractivity contribution in [2.45, 2.75) is 6.18 Å². The number of halogens is 4. The Bertz CT molecular complexity index is 599. The zero-order chi connectivity index (χ0) is 14.0. The number of nitrogens with two attached hydrogens (primary N) is 1. The minimum atomic E-state index is -4.40. The molecular weight excluding hydrogens is 323 g/mol. The average molecular weight is 332 g/mol. The zero-order valence-corrected chi connectivity index (χ0v) is 11.1.